The quantitative estimate of drug-likeness (QED) is 0.378. The van der Waals surface area contributed by atoms with Gasteiger partial charge in [0, 0.05) is 11.1 Å². The average molecular weight is 263 g/mol. The molecule has 0 saturated carbocycles. The second kappa shape index (κ2) is 3.25. The molecule has 0 amide bonds. The van der Waals surface area contributed by atoms with Crippen molar-refractivity contribution < 1.29 is 4.57 Å². The minimum atomic E-state index is 0.994. The molecular weight excluding hydrogens is 252 g/mol. The Kier molecular flexibility index (Phi) is 1.67. The molecular formula is C16H11N2S+. The van der Waals surface area contributed by atoms with Crippen molar-refractivity contribution in [3.8, 4) is 11.3 Å². The van der Waals surface area contributed by atoms with Crippen molar-refractivity contribution in [2.24, 2.45) is 0 Å². The van der Waals surface area contributed by atoms with Crippen LogP contribution in [0.4, 0.5) is 0 Å². The van der Waals surface area contributed by atoms with Crippen LogP contribution in [0.3, 0.4) is 0 Å². The fourth-order valence-corrected chi connectivity index (χ4v) is 4.26. The number of rotatable bonds is 0. The van der Waals surface area contributed by atoms with Gasteiger partial charge in [0.05, 0.1) is 4.70 Å². The van der Waals surface area contributed by atoms with Crippen LogP contribution in [0, 0.1) is 0 Å². The highest BCUT2D eigenvalue weighted by atomic mass is 32.1. The molecule has 0 N–H and O–H groups in total. The normalized spacial score (nSPS) is 13.1. The second-order valence-electron chi connectivity index (χ2n) is 4.99. The minimum Gasteiger partial charge on any atom is -0.224 e. The maximum Gasteiger partial charge on any atom is 0.251 e. The number of benzene rings is 2. The van der Waals surface area contributed by atoms with Gasteiger partial charge in [-0.25, -0.2) is 4.57 Å². The summed E-state index contributed by atoms with van der Waals surface area (Å²) in [5.74, 6) is 0. The Labute approximate surface area is 114 Å². The first-order chi connectivity index (χ1) is 9.42. The zero-order valence-corrected chi connectivity index (χ0v) is 11.0. The number of thiazole rings is 1. The van der Waals surface area contributed by atoms with E-state index in [9.17, 15) is 0 Å². The van der Waals surface area contributed by atoms with Gasteiger partial charge in [-0.2, -0.15) is 4.40 Å². The van der Waals surface area contributed by atoms with Crippen molar-refractivity contribution in [1.29, 1.82) is 0 Å². The summed E-state index contributed by atoms with van der Waals surface area (Å²) in [5.41, 5.74) is 5.49. The van der Waals surface area contributed by atoms with Crippen molar-refractivity contribution in [1.82, 2.24) is 4.40 Å². The van der Waals surface area contributed by atoms with Crippen LogP contribution in [0.5, 0.6) is 0 Å². The molecule has 0 radical (unpaired) electrons. The molecule has 4 aromatic rings. The third-order valence-corrected chi connectivity index (χ3v) is 5.06. The van der Waals surface area contributed by atoms with Gasteiger partial charge in [-0.3, -0.25) is 0 Å². The Balaban J connectivity index is 1.97. The Bertz CT molecular complexity index is 946. The van der Waals surface area contributed by atoms with Gasteiger partial charge in [0.25, 0.3) is 6.33 Å². The molecule has 3 heteroatoms. The highest BCUT2D eigenvalue weighted by molar-refractivity contribution is 7.24. The lowest BCUT2D eigenvalue weighted by molar-refractivity contribution is -0.671. The lowest BCUT2D eigenvalue weighted by Crippen LogP contribution is -2.29. The molecule has 2 aromatic carbocycles. The molecule has 0 fully saturated rings. The van der Waals surface area contributed by atoms with Crippen molar-refractivity contribution in [2.75, 3.05) is 0 Å². The number of fused-ring (bicyclic) bond motifs is 7. The van der Waals surface area contributed by atoms with Gasteiger partial charge in [0.15, 0.2) is 11.2 Å². The van der Waals surface area contributed by atoms with Gasteiger partial charge in [0.2, 0.25) is 4.83 Å². The maximum atomic E-state index is 2.36. The van der Waals surface area contributed by atoms with Crippen molar-refractivity contribution in [3.63, 3.8) is 0 Å². The summed E-state index contributed by atoms with van der Waals surface area (Å²) in [5, 5.41) is 0. The van der Waals surface area contributed by atoms with E-state index in [4.69, 9.17) is 0 Å². The predicted molar refractivity (Wildman–Crippen MR) is 77.5 cm³/mol. The number of para-hydroxylation sites is 1. The smallest absolute Gasteiger partial charge is 0.224 e. The van der Waals surface area contributed by atoms with E-state index >= 15 is 0 Å². The van der Waals surface area contributed by atoms with Crippen molar-refractivity contribution in [3.05, 3.63) is 60.4 Å². The fraction of sp³-hybridized carbons (Fsp3) is 0.0625. The Morgan fingerprint density at radius 1 is 1.00 bits per heavy atom. The first-order valence-corrected chi connectivity index (χ1v) is 7.24. The summed E-state index contributed by atoms with van der Waals surface area (Å²) >= 11 is 1.88. The van der Waals surface area contributed by atoms with Crippen LogP contribution in [0.25, 0.3) is 26.3 Å². The van der Waals surface area contributed by atoms with E-state index in [-0.39, 0.29) is 0 Å². The monoisotopic (exact) mass is 263 g/mol. The van der Waals surface area contributed by atoms with E-state index in [1.807, 2.05) is 11.3 Å². The van der Waals surface area contributed by atoms with E-state index in [1.165, 1.54) is 31.9 Å². The zero-order valence-electron chi connectivity index (χ0n) is 10.2. The molecule has 2 nitrogen and oxygen atoms in total. The van der Waals surface area contributed by atoms with Crippen LogP contribution < -0.4 is 4.57 Å². The molecule has 0 spiro atoms. The lowest BCUT2D eigenvalue weighted by atomic mass is 10.1. The first kappa shape index (κ1) is 9.75. The zero-order chi connectivity index (χ0) is 12.4. The number of hydrogen-bond donors (Lipinski definition) is 0. The summed E-state index contributed by atoms with van der Waals surface area (Å²) in [6.45, 7) is 0.994. The second-order valence-corrected chi connectivity index (χ2v) is 6.02. The van der Waals surface area contributed by atoms with E-state index in [0.29, 0.717) is 0 Å². The Hall–Kier alpha value is -2.13. The van der Waals surface area contributed by atoms with Gasteiger partial charge in [-0.1, -0.05) is 47.7 Å². The number of imidazole rings is 1. The molecule has 0 saturated heterocycles. The van der Waals surface area contributed by atoms with Crippen LogP contribution in [-0.4, -0.2) is 4.40 Å². The molecule has 1 aliphatic rings. The highest BCUT2D eigenvalue weighted by Gasteiger charge is 2.30. The van der Waals surface area contributed by atoms with Crippen LogP contribution in [-0.2, 0) is 6.54 Å². The topological polar surface area (TPSA) is 8.29 Å². The molecule has 3 heterocycles. The predicted octanol–water partition coefficient (Wildman–Crippen LogP) is 3.47. The number of hydrogen-bond acceptors (Lipinski definition) is 1. The summed E-state index contributed by atoms with van der Waals surface area (Å²) in [4.78, 5) is 1.35. The summed E-state index contributed by atoms with van der Waals surface area (Å²) in [6.07, 6.45) is 2.24. The van der Waals surface area contributed by atoms with Crippen LogP contribution >= 0.6 is 11.3 Å². The lowest BCUT2D eigenvalue weighted by Gasteiger charge is -1.92. The molecule has 0 bridgehead atoms. The van der Waals surface area contributed by atoms with Gasteiger partial charge >= 0.3 is 0 Å². The fourth-order valence-electron chi connectivity index (χ4n) is 3.06. The van der Waals surface area contributed by atoms with Gasteiger partial charge in [-0.05, 0) is 12.1 Å². The third kappa shape index (κ3) is 1.13. The van der Waals surface area contributed by atoms with Gasteiger partial charge in [0.1, 0.15) is 6.54 Å². The summed E-state index contributed by atoms with van der Waals surface area (Å²) in [6, 6.07) is 17.3. The first-order valence-electron chi connectivity index (χ1n) is 6.42. The van der Waals surface area contributed by atoms with E-state index < -0.39 is 0 Å². The van der Waals surface area contributed by atoms with Crippen molar-refractivity contribution in [2.45, 2.75) is 6.54 Å². The average Bonchev–Trinajstić information content (AvgIpc) is 3.05. The molecule has 19 heavy (non-hydrogen) atoms. The summed E-state index contributed by atoms with van der Waals surface area (Å²) < 4.78 is 6.04. The minimum absolute atomic E-state index is 0.994. The molecule has 0 aliphatic carbocycles. The number of aromatic nitrogens is 2. The highest BCUT2D eigenvalue weighted by Crippen LogP contribution is 2.36. The Morgan fingerprint density at radius 3 is 2.84 bits per heavy atom. The van der Waals surface area contributed by atoms with Crippen LogP contribution in [0.15, 0.2) is 54.9 Å². The maximum absolute atomic E-state index is 2.36. The molecule has 0 atom stereocenters. The molecule has 5 rings (SSSR count). The van der Waals surface area contributed by atoms with Crippen LogP contribution in [0.2, 0.25) is 0 Å². The van der Waals surface area contributed by atoms with Crippen LogP contribution in [0.1, 0.15) is 5.56 Å². The largest absolute Gasteiger partial charge is 0.251 e. The SMILES string of the molecule is c1ccc2c(c1)C[n+]1cn3c(sc4ccccc43)c1-2. The number of nitrogens with zero attached hydrogens (tertiary/aromatic N) is 2. The van der Waals surface area contributed by atoms with E-state index in [1.54, 1.807) is 0 Å². The summed E-state index contributed by atoms with van der Waals surface area (Å²) in [7, 11) is 0. The Morgan fingerprint density at radius 2 is 1.84 bits per heavy atom. The van der Waals surface area contributed by atoms with E-state index in [0.717, 1.165) is 6.54 Å². The molecule has 0 unspecified atom stereocenters. The molecule has 90 valence electrons. The van der Waals surface area contributed by atoms with E-state index in [2.05, 4.69) is 63.8 Å². The molecule has 2 aromatic heterocycles. The van der Waals surface area contributed by atoms with Gasteiger partial charge in [-0.15, -0.1) is 0 Å². The third-order valence-electron chi connectivity index (χ3n) is 3.91. The van der Waals surface area contributed by atoms with Crippen molar-refractivity contribution >= 4 is 26.4 Å². The molecule has 1 aliphatic heterocycles. The van der Waals surface area contributed by atoms with Gasteiger partial charge < -0.3 is 0 Å². The standard InChI is InChI=1S/C16H11N2S/c1-2-6-12-11(5-1)9-17-10-18-13-7-3-4-8-14(13)19-16(18)15(12)17/h1-8,10H,9H2/q+1.